The summed E-state index contributed by atoms with van der Waals surface area (Å²) in [4.78, 5) is 18.8. The molecule has 1 aliphatic rings. The number of hydrogen-bond acceptors (Lipinski definition) is 6. The van der Waals surface area contributed by atoms with Gasteiger partial charge in [-0.2, -0.15) is 4.31 Å². The maximum absolute atomic E-state index is 16.2. The minimum Gasteiger partial charge on any atom is -0.308 e. The predicted molar refractivity (Wildman–Crippen MR) is 159 cm³/mol. The lowest BCUT2D eigenvalue weighted by Crippen LogP contribution is -2.54. The summed E-state index contributed by atoms with van der Waals surface area (Å²) < 4.78 is 70.7. The van der Waals surface area contributed by atoms with E-state index in [1.54, 1.807) is 48.5 Å². The number of rotatable bonds is 8. The van der Waals surface area contributed by atoms with Crippen LogP contribution in [0, 0.1) is 5.82 Å². The molecule has 0 N–H and O–H groups in total. The van der Waals surface area contributed by atoms with Gasteiger partial charge in [0.2, 0.25) is 15.9 Å². The largest absolute Gasteiger partial charge is 0.308 e. The SMILES string of the molecule is CS(=O)(=O)c1c(-c2ccccc2)ccc(N2CCCC(N(Cc3ccccn3)S(=O)(=O)c3ccc(Cl)cc3)C2=O)c1F. The number of anilines is 1. The average molecular weight is 628 g/mol. The summed E-state index contributed by atoms with van der Waals surface area (Å²) in [6.45, 7) is -0.126. The van der Waals surface area contributed by atoms with Crippen molar-refractivity contribution in [1.29, 1.82) is 0 Å². The van der Waals surface area contributed by atoms with Gasteiger partial charge in [0.05, 0.1) is 22.8 Å². The summed E-state index contributed by atoms with van der Waals surface area (Å²) in [6, 6.07) is 20.8. The van der Waals surface area contributed by atoms with Crippen LogP contribution in [0.15, 0.2) is 101 Å². The first-order valence-electron chi connectivity index (χ1n) is 13.0. The van der Waals surface area contributed by atoms with Crippen LogP contribution in [0.2, 0.25) is 5.02 Å². The van der Waals surface area contributed by atoms with Crippen LogP contribution in [0.25, 0.3) is 11.1 Å². The monoisotopic (exact) mass is 627 g/mol. The molecule has 8 nitrogen and oxygen atoms in total. The second kappa shape index (κ2) is 11.9. The fourth-order valence-electron chi connectivity index (χ4n) is 5.08. The van der Waals surface area contributed by atoms with E-state index in [0.29, 0.717) is 22.7 Å². The number of piperidine rings is 1. The summed E-state index contributed by atoms with van der Waals surface area (Å²) in [7, 11) is -8.30. The van der Waals surface area contributed by atoms with E-state index >= 15 is 4.39 Å². The molecule has 0 aliphatic carbocycles. The van der Waals surface area contributed by atoms with Gasteiger partial charge in [-0.3, -0.25) is 9.78 Å². The fraction of sp³-hybridized carbons (Fsp3) is 0.200. The van der Waals surface area contributed by atoms with Crippen molar-refractivity contribution in [3.05, 3.63) is 108 Å². The second-order valence-electron chi connectivity index (χ2n) is 9.89. The highest BCUT2D eigenvalue weighted by Crippen LogP contribution is 2.37. The predicted octanol–water partition coefficient (Wildman–Crippen LogP) is 5.33. The smallest absolute Gasteiger partial charge is 0.245 e. The number of benzene rings is 3. The lowest BCUT2D eigenvalue weighted by atomic mass is 10.0. The maximum atomic E-state index is 16.2. The second-order valence-corrected chi connectivity index (χ2v) is 14.2. The molecule has 0 bridgehead atoms. The molecule has 0 spiro atoms. The molecule has 0 saturated carbocycles. The van der Waals surface area contributed by atoms with Gasteiger partial charge in [-0.1, -0.05) is 54.1 Å². The van der Waals surface area contributed by atoms with E-state index < -0.39 is 42.5 Å². The zero-order valence-corrected chi connectivity index (χ0v) is 24.9. The van der Waals surface area contributed by atoms with Crippen LogP contribution < -0.4 is 4.90 Å². The van der Waals surface area contributed by atoms with E-state index in [1.807, 2.05) is 0 Å². The van der Waals surface area contributed by atoms with Gasteiger partial charge in [0, 0.05) is 29.6 Å². The Morgan fingerprint density at radius 2 is 1.64 bits per heavy atom. The van der Waals surface area contributed by atoms with E-state index in [0.717, 1.165) is 15.5 Å². The molecular formula is C30H27ClFN3O5S2. The number of carbonyl (C=O) groups is 1. The Balaban J connectivity index is 1.58. The van der Waals surface area contributed by atoms with E-state index in [1.165, 1.54) is 42.6 Å². The molecule has 42 heavy (non-hydrogen) atoms. The average Bonchev–Trinajstić information content (AvgIpc) is 2.97. The molecule has 1 aromatic heterocycles. The minimum absolute atomic E-state index is 0.0643. The van der Waals surface area contributed by atoms with Crippen molar-refractivity contribution in [2.75, 3.05) is 17.7 Å². The number of carbonyl (C=O) groups excluding carboxylic acids is 1. The van der Waals surface area contributed by atoms with Gasteiger partial charge in [-0.05, 0) is 60.9 Å². The number of halogens is 2. The van der Waals surface area contributed by atoms with Crippen LogP contribution in [-0.4, -0.2) is 50.9 Å². The zero-order valence-electron chi connectivity index (χ0n) is 22.5. The number of sulfonamides is 1. The van der Waals surface area contributed by atoms with Crippen molar-refractivity contribution < 1.29 is 26.0 Å². The number of aromatic nitrogens is 1. The lowest BCUT2D eigenvalue weighted by molar-refractivity contribution is -0.123. The third-order valence-corrected chi connectivity index (χ3v) is 10.3. The van der Waals surface area contributed by atoms with Gasteiger partial charge in [0.15, 0.2) is 15.7 Å². The van der Waals surface area contributed by atoms with Gasteiger partial charge in [-0.25, -0.2) is 21.2 Å². The molecule has 218 valence electrons. The molecule has 3 aromatic carbocycles. The molecule has 0 radical (unpaired) electrons. The van der Waals surface area contributed by atoms with E-state index in [9.17, 15) is 21.6 Å². The summed E-state index contributed by atoms with van der Waals surface area (Å²) in [5, 5.41) is 0.348. The highest BCUT2D eigenvalue weighted by Gasteiger charge is 2.42. The van der Waals surface area contributed by atoms with Crippen molar-refractivity contribution in [2.24, 2.45) is 0 Å². The molecular weight excluding hydrogens is 601 g/mol. The Morgan fingerprint density at radius 1 is 0.952 bits per heavy atom. The van der Waals surface area contributed by atoms with Crippen molar-refractivity contribution in [2.45, 2.75) is 35.2 Å². The Labute approximate surface area is 249 Å². The van der Waals surface area contributed by atoms with Crippen LogP contribution in [0.1, 0.15) is 18.5 Å². The Hall–Kier alpha value is -3.64. The Bertz CT molecular complexity index is 1820. The molecule has 1 atom stereocenters. The molecule has 1 amide bonds. The van der Waals surface area contributed by atoms with Crippen LogP contribution in [0.5, 0.6) is 0 Å². The van der Waals surface area contributed by atoms with E-state index in [-0.39, 0.29) is 35.7 Å². The van der Waals surface area contributed by atoms with Gasteiger partial charge < -0.3 is 4.90 Å². The molecule has 4 aromatic rings. The summed E-state index contributed by atoms with van der Waals surface area (Å²) in [5.41, 5.74) is 0.855. The lowest BCUT2D eigenvalue weighted by Gasteiger charge is -2.38. The van der Waals surface area contributed by atoms with E-state index in [4.69, 9.17) is 11.6 Å². The molecule has 1 aliphatic heterocycles. The van der Waals surface area contributed by atoms with Crippen molar-refractivity contribution in [3.8, 4) is 11.1 Å². The van der Waals surface area contributed by atoms with Crippen LogP contribution in [0.3, 0.4) is 0 Å². The van der Waals surface area contributed by atoms with E-state index in [2.05, 4.69) is 4.98 Å². The first-order valence-corrected chi connectivity index (χ1v) is 16.8. The first-order chi connectivity index (χ1) is 20.0. The molecule has 1 fully saturated rings. The van der Waals surface area contributed by atoms with Crippen LogP contribution >= 0.6 is 11.6 Å². The van der Waals surface area contributed by atoms with Crippen LogP contribution in [-0.2, 0) is 31.2 Å². The Morgan fingerprint density at radius 3 is 2.29 bits per heavy atom. The van der Waals surface area contributed by atoms with Crippen molar-refractivity contribution >= 4 is 43.1 Å². The number of nitrogens with zero attached hydrogens (tertiary/aromatic N) is 3. The van der Waals surface area contributed by atoms with Gasteiger partial charge in [0.25, 0.3) is 0 Å². The standard InChI is InChI=1S/C30H27ClFN3O5S2/c1-41(37,38)29-25(21-8-3-2-4-9-21)16-17-26(28(29)32)34-19-7-11-27(30(34)36)35(20-23-10-5-6-18-33-23)42(39,40)24-14-12-22(31)13-15-24/h2-6,8-10,12-18,27H,7,11,19-20H2,1H3. The molecule has 5 rings (SSSR count). The molecule has 12 heteroatoms. The van der Waals surface area contributed by atoms with Gasteiger partial charge in [0.1, 0.15) is 10.9 Å². The number of amides is 1. The molecule has 2 heterocycles. The highest BCUT2D eigenvalue weighted by atomic mass is 35.5. The maximum Gasteiger partial charge on any atom is 0.245 e. The van der Waals surface area contributed by atoms with Crippen LogP contribution in [0.4, 0.5) is 10.1 Å². The normalized spacial score (nSPS) is 16.1. The highest BCUT2D eigenvalue weighted by molar-refractivity contribution is 7.91. The fourth-order valence-corrected chi connectivity index (χ4v) is 7.81. The summed E-state index contributed by atoms with van der Waals surface area (Å²) in [5.74, 6) is -1.73. The number of sulfone groups is 1. The van der Waals surface area contributed by atoms with Gasteiger partial charge in [-0.15, -0.1) is 0 Å². The zero-order chi connectivity index (χ0) is 30.1. The molecule has 1 saturated heterocycles. The number of hydrogen-bond donors (Lipinski definition) is 0. The van der Waals surface area contributed by atoms with Gasteiger partial charge >= 0.3 is 0 Å². The third-order valence-electron chi connectivity index (χ3n) is 7.05. The topological polar surface area (TPSA) is 105 Å². The summed E-state index contributed by atoms with van der Waals surface area (Å²) >= 11 is 5.98. The quantitative estimate of drug-likeness (QED) is 0.262. The summed E-state index contributed by atoms with van der Waals surface area (Å²) in [6.07, 6.45) is 2.96. The van der Waals surface area contributed by atoms with Crippen molar-refractivity contribution in [3.63, 3.8) is 0 Å². The first kappa shape index (κ1) is 29.8. The molecule has 1 unspecified atom stereocenters. The van der Waals surface area contributed by atoms with Crippen molar-refractivity contribution in [1.82, 2.24) is 9.29 Å². The minimum atomic E-state index is -4.24. The number of pyridine rings is 1. The third kappa shape index (κ3) is 5.96. The Kier molecular flexibility index (Phi) is 8.47.